The van der Waals surface area contributed by atoms with E-state index in [1.54, 1.807) is 0 Å². The van der Waals surface area contributed by atoms with Crippen LogP contribution in [0.3, 0.4) is 0 Å². The number of aryl methyl sites for hydroxylation is 1. The molecular weight excluding hydrogens is 322 g/mol. The van der Waals surface area contributed by atoms with E-state index < -0.39 is 0 Å². The van der Waals surface area contributed by atoms with Crippen LogP contribution in [0.1, 0.15) is 23.6 Å². The summed E-state index contributed by atoms with van der Waals surface area (Å²) in [6.45, 7) is 7.03. The number of anilines is 1. The van der Waals surface area contributed by atoms with Gasteiger partial charge in [0, 0.05) is 26.5 Å². The number of benzene rings is 1. The first-order chi connectivity index (χ1) is 9.04. The highest BCUT2D eigenvalue weighted by Crippen LogP contribution is 2.27. The molecule has 19 heavy (non-hydrogen) atoms. The van der Waals surface area contributed by atoms with Crippen molar-refractivity contribution in [1.29, 1.82) is 0 Å². The van der Waals surface area contributed by atoms with Crippen molar-refractivity contribution in [2.24, 2.45) is 0 Å². The Hall–Kier alpha value is -1.000. The van der Waals surface area contributed by atoms with Gasteiger partial charge in [-0.1, -0.05) is 0 Å². The minimum absolute atomic E-state index is 0.213. The van der Waals surface area contributed by atoms with Gasteiger partial charge in [-0.15, -0.1) is 11.3 Å². The molecule has 0 atom stereocenters. The zero-order chi connectivity index (χ0) is 13.8. The topological polar surface area (TPSA) is 21.3 Å². The molecule has 0 saturated carbocycles. The van der Waals surface area contributed by atoms with Crippen LogP contribution >= 0.6 is 27.3 Å². The number of hydrogen-bond donors (Lipinski definition) is 1. The highest BCUT2D eigenvalue weighted by Gasteiger charge is 2.03. The van der Waals surface area contributed by atoms with Crippen molar-refractivity contribution in [3.05, 3.63) is 44.6 Å². The monoisotopic (exact) mass is 339 g/mol. The smallest absolute Gasteiger partial charge is 0.119 e. The van der Waals surface area contributed by atoms with Gasteiger partial charge in [-0.3, -0.25) is 0 Å². The SMILES string of the molecule is Cc1sc(CNc2ccc(OC(C)C)cc2)cc1Br. The molecule has 0 saturated heterocycles. The van der Waals surface area contributed by atoms with Crippen molar-refractivity contribution < 1.29 is 4.74 Å². The molecule has 0 bridgehead atoms. The van der Waals surface area contributed by atoms with Crippen LogP contribution < -0.4 is 10.1 Å². The number of nitrogens with one attached hydrogen (secondary N) is 1. The van der Waals surface area contributed by atoms with Crippen LogP contribution in [0.25, 0.3) is 0 Å². The molecule has 2 rings (SSSR count). The fraction of sp³-hybridized carbons (Fsp3) is 0.333. The largest absolute Gasteiger partial charge is 0.491 e. The molecule has 2 aromatic rings. The fourth-order valence-corrected chi connectivity index (χ4v) is 3.26. The molecule has 102 valence electrons. The van der Waals surface area contributed by atoms with Crippen molar-refractivity contribution in [3.8, 4) is 5.75 Å². The molecule has 1 aromatic carbocycles. The van der Waals surface area contributed by atoms with Gasteiger partial charge < -0.3 is 10.1 Å². The normalized spacial score (nSPS) is 10.8. The van der Waals surface area contributed by atoms with Crippen molar-refractivity contribution in [2.75, 3.05) is 5.32 Å². The summed E-state index contributed by atoms with van der Waals surface area (Å²) >= 11 is 5.35. The van der Waals surface area contributed by atoms with Gasteiger partial charge in [-0.25, -0.2) is 0 Å². The Kier molecular flexibility index (Phi) is 4.88. The zero-order valence-corrected chi connectivity index (χ0v) is 13.8. The van der Waals surface area contributed by atoms with Gasteiger partial charge in [0.15, 0.2) is 0 Å². The Morgan fingerprint density at radius 3 is 2.47 bits per heavy atom. The second kappa shape index (κ2) is 6.44. The maximum Gasteiger partial charge on any atom is 0.119 e. The van der Waals surface area contributed by atoms with Crippen LogP contribution in [-0.4, -0.2) is 6.10 Å². The summed E-state index contributed by atoms with van der Waals surface area (Å²) in [5.74, 6) is 0.912. The van der Waals surface area contributed by atoms with Crippen LogP contribution in [0.15, 0.2) is 34.8 Å². The predicted molar refractivity (Wildman–Crippen MR) is 86.3 cm³/mol. The third kappa shape index (κ3) is 4.25. The lowest BCUT2D eigenvalue weighted by Gasteiger charge is -2.10. The van der Waals surface area contributed by atoms with E-state index in [2.05, 4.69) is 34.2 Å². The van der Waals surface area contributed by atoms with Crippen molar-refractivity contribution in [2.45, 2.75) is 33.4 Å². The average molecular weight is 340 g/mol. The molecule has 0 aliphatic heterocycles. The van der Waals surface area contributed by atoms with Gasteiger partial charge in [0.05, 0.1) is 6.10 Å². The van der Waals surface area contributed by atoms with E-state index in [1.165, 1.54) is 14.2 Å². The second-order valence-corrected chi connectivity index (χ2v) is 6.86. The summed E-state index contributed by atoms with van der Waals surface area (Å²) in [6, 6.07) is 10.3. The van der Waals surface area contributed by atoms with Gasteiger partial charge in [0.1, 0.15) is 5.75 Å². The molecule has 1 aromatic heterocycles. The summed E-state index contributed by atoms with van der Waals surface area (Å²) in [4.78, 5) is 2.64. The van der Waals surface area contributed by atoms with Gasteiger partial charge in [-0.2, -0.15) is 0 Å². The lowest BCUT2D eigenvalue weighted by molar-refractivity contribution is 0.242. The maximum atomic E-state index is 5.62. The molecule has 1 heterocycles. The van der Waals surface area contributed by atoms with Crippen LogP contribution in [0.5, 0.6) is 5.75 Å². The van der Waals surface area contributed by atoms with Gasteiger partial charge in [0.25, 0.3) is 0 Å². The minimum Gasteiger partial charge on any atom is -0.491 e. The molecule has 0 radical (unpaired) electrons. The van der Waals surface area contributed by atoms with Gasteiger partial charge in [-0.05, 0) is 67.0 Å². The zero-order valence-electron chi connectivity index (χ0n) is 11.4. The van der Waals surface area contributed by atoms with E-state index in [0.29, 0.717) is 0 Å². The molecule has 4 heteroatoms. The van der Waals surface area contributed by atoms with E-state index in [9.17, 15) is 0 Å². The Balaban J connectivity index is 1.92. The lowest BCUT2D eigenvalue weighted by Crippen LogP contribution is -2.05. The lowest BCUT2D eigenvalue weighted by atomic mass is 10.3. The fourth-order valence-electron chi connectivity index (χ4n) is 1.72. The Morgan fingerprint density at radius 1 is 1.26 bits per heavy atom. The third-order valence-corrected chi connectivity index (χ3v) is 4.74. The number of rotatable bonds is 5. The highest BCUT2D eigenvalue weighted by atomic mass is 79.9. The maximum absolute atomic E-state index is 5.62. The quantitative estimate of drug-likeness (QED) is 0.806. The summed E-state index contributed by atoms with van der Waals surface area (Å²) < 4.78 is 6.81. The van der Waals surface area contributed by atoms with Gasteiger partial charge in [0.2, 0.25) is 0 Å². The Bertz CT molecular complexity index is 514. The summed E-state index contributed by atoms with van der Waals surface area (Å²) in [6.07, 6.45) is 0.213. The molecule has 0 unspecified atom stereocenters. The summed E-state index contributed by atoms with van der Waals surface area (Å²) in [7, 11) is 0. The number of halogens is 1. The molecular formula is C15H18BrNOS. The van der Waals surface area contributed by atoms with E-state index >= 15 is 0 Å². The summed E-state index contributed by atoms with van der Waals surface area (Å²) in [5.41, 5.74) is 1.11. The number of ether oxygens (including phenoxy) is 1. The molecule has 0 spiro atoms. The first-order valence-corrected chi connectivity index (χ1v) is 7.91. The Labute approximate surface area is 126 Å². The Morgan fingerprint density at radius 2 is 1.95 bits per heavy atom. The third-order valence-electron chi connectivity index (χ3n) is 2.60. The van der Waals surface area contributed by atoms with Crippen molar-refractivity contribution >= 4 is 33.0 Å². The van der Waals surface area contributed by atoms with Crippen molar-refractivity contribution in [3.63, 3.8) is 0 Å². The molecule has 1 N–H and O–H groups in total. The first-order valence-electron chi connectivity index (χ1n) is 6.30. The van der Waals surface area contributed by atoms with Crippen LogP contribution in [0.4, 0.5) is 5.69 Å². The van der Waals surface area contributed by atoms with E-state index in [4.69, 9.17) is 4.74 Å². The number of thiophene rings is 1. The van der Waals surface area contributed by atoms with Gasteiger partial charge >= 0.3 is 0 Å². The molecule has 0 aliphatic rings. The average Bonchev–Trinajstić information content (AvgIpc) is 2.67. The van der Waals surface area contributed by atoms with Crippen LogP contribution in [0, 0.1) is 6.92 Å². The molecule has 0 aliphatic carbocycles. The van der Waals surface area contributed by atoms with Crippen LogP contribution in [0.2, 0.25) is 0 Å². The van der Waals surface area contributed by atoms with Crippen molar-refractivity contribution in [1.82, 2.24) is 0 Å². The minimum atomic E-state index is 0.213. The van der Waals surface area contributed by atoms with E-state index in [-0.39, 0.29) is 6.10 Å². The summed E-state index contributed by atoms with van der Waals surface area (Å²) in [5, 5.41) is 3.42. The standard InChI is InChI=1S/C15H18BrNOS/c1-10(2)18-13-6-4-12(5-7-13)17-9-14-8-15(16)11(3)19-14/h4-8,10,17H,9H2,1-3H3. The van der Waals surface area contributed by atoms with Crippen LogP contribution in [-0.2, 0) is 6.54 Å². The molecule has 0 fully saturated rings. The molecule has 0 amide bonds. The molecule has 2 nitrogen and oxygen atoms in total. The first kappa shape index (κ1) is 14.4. The number of hydrogen-bond acceptors (Lipinski definition) is 3. The van der Waals surface area contributed by atoms with E-state index in [1.807, 2.05) is 49.4 Å². The van der Waals surface area contributed by atoms with E-state index in [0.717, 1.165) is 18.0 Å². The highest BCUT2D eigenvalue weighted by molar-refractivity contribution is 9.10. The second-order valence-electron chi connectivity index (χ2n) is 4.66. The predicted octanol–water partition coefficient (Wildman–Crippen LogP) is 5.22.